The van der Waals surface area contributed by atoms with Crippen molar-refractivity contribution in [1.82, 2.24) is 0 Å². The van der Waals surface area contributed by atoms with Crippen LogP contribution in [0.25, 0.3) is 0 Å². The molecule has 0 saturated heterocycles. The van der Waals surface area contributed by atoms with Crippen LogP contribution in [0.1, 0.15) is 0 Å². The van der Waals surface area contributed by atoms with E-state index in [4.69, 9.17) is 0 Å². The largest absolute Gasteiger partial charge is 2.00 e. The maximum Gasteiger partial charge on any atom is 2.00 e. The predicted octanol–water partition coefficient (Wildman–Crippen LogP) is 1.89. The Balaban J connectivity index is 0. The molecular weight excluding hydrogens is 289 g/mol. The molecule has 0 aromatic heterocycles. The first-order valence-corrected chi connectivity index (χ1v) is 2.17. The van der Waals surface area contributed by atoms with E-state index in [1.54, 1.807) is 0 Å². The normalized spacial score (nSPS) is 5.20. The van der Waals surface area contributed by atoms with Gasteiger partial charge in [0.1, 0.15) is 0 Å². The van der Waals surface area contributed by atoms with Crippen molar-refractivity contribution in [2.75, 3.05) is 0 Å². The van der Waals surface area contributed by atoms with Crippen molar-refractivity contribution in [3.8, 4) is 0 Å². The monoisotopic (exact) mass is 288 g/mol. The average molecular weight is 289 g/mol. The zero-order valence-electron chi connectivity index (χ0n) is 2.02. The van der Waals surface area contributed by atoms with Gasteiger partial charge in [0.15, 0.2) is 0 Å². The Morgan fingerprint density at radius 1 is 1.40 bits per heavy atom. The third-order valence-electron chi connectivity index (χ3n) is 0. The Kier molecular flexibility index (Phi) is 10.0. The van der Waals surface area contributed by atoms with Crippen molar-refractivity contribution in [3.05, 3.63) is 0 Å². The van der Waals surface area contributed by atoms with Gasteiger partial charge in [0, 0.05) is 31.9 Å². The Hall–Kier alpha value is 1.25. The van der Waals surface area contributed by atoms with E-state index in [1.165, 1.54) is 0 Å². The van der Waals surface area contributed by atoms with Gasteiger partial charge in [-0.1, -0.05) is 0 Å². The number of hydrogen-bond donors (Lipinski definition) is 0. The molecule has 0 aliphatic heterocycles. The van der Waals surface area contributed by atoms with E-state index in [1.807, 2.05) is 0 Å². The van der Waals surface area contributed by atoms with Crippen LogP contribution >= 0.6 is 31.9 Å². The van der Waals surface area contributed by atoms with Gasteiger partial charge in [-0.05, 0) is 0 Å². The molecule has 0 spiro atoms. The fourth-order valence-electron chi connectivity index (χ4n) is 0. The number of hydrogen-bond acceptors (Lipinski definition) is 1. The first kappa shape index (κ1) is 9.54. The molecule has 0 aromatic rings. The smallest absolute Gasteiger partial charge is 0.273 e. The molecule has 0 bridgehead atoms. The maximum absolute atomic E-state index is 9.28. The SMILES string of the molecule is O=C(Br)Br.[Ru+2]. The van der Waals surface area contributed by atoms with Gasteiger partial charge in [0.2, 0.25) is 0 Å². The summed E-state index contributed by atoms with van der Waals surface area (Å²) in [6, 6.07) is 0. The van der Waals surface area contributed by atoms with Crippen LogP contribution in [0.5, 0.6) is 0 Å². The average Bonchev–Trinajstić information content (AvgIpc) is 0.811. The van der Waals surface area contributed by atoms with Crippen molar-refractivity contribution in [3.63, 3.8) is 0 Å². The summed E-state index contributed by atoms with van der Waals surface area (Å²) >= 11 is 5.10. The summed E-state index contributed by atoms with van der Waals surface area (Å²) in [6.07, 6.45) is 0. The molecule has 0 rings (SSSR count). The van der Waals surface area contributed by atoms with Crippen LogP contribution < -0.4 is 0 Å². The van der Waals surface area contributed by atoms with Gasteiger partial charge in [0.25, 0.3) is 3.60 Å². The second-order valence-corrected chi connectivity index (χ2v) is 2.73. The molecule has 0 heterocycles. The van der Waals surface area contributed by atoms with E-state index in [2.05, 4.69) is 31.9 Å². The number of rotatable bonds is 0. The van der Waals surface area contributed by atoms with E-state index in [-0.39, 0.29) is 23.1 Å². The van der Waals surface area contributed by atoms with Gasteiger partial charge in [-0.25, -0.2) is 0 Å². The summed E-state index contributed by atoms with van der Waals surface area (Å²) < 4.78 is -0.208. The number of halogens is 2. The molecule has 1 nitrogen and oxygen atoms in total. The summed E-state index contributed by atoms with van der Waals surface area (Å²) in [5, 5.41) is 0. The summed E-state index contributed by atoms with van der Waals surface area (Å²) in [7, 11) is 0. The van der Waals surface area contributed by atoms with Gasteiger partial charge in [-0.3, -0.25) is 4.79 Å². The molecule has 0 unspecified atom stereocenters. The number of carbonyl (C=O) groups is 1. The van der Waals surface area contributed by atoms with Crippen LogP contribution in [0.4, 0.5) is 4.79 Å². The summed E-state index contributed by atoms with van der Waals surface area (Å²) in [6.45, 7) is 0. The van der Waals surface area contributed by atoms with E-state index in [0.29, 0.717) is 0 Å². The topological polar surface area (TPSA) is 17.1 Å². The van der Waals surface area contributed by atoms with Gasteiger partial charge in [-0.2, -0.15) is 0 Å². The van der Waals surface area contributed by atoms with Crippen molar-refractivity contribution >= 4 is 35.5 Å². The van der Waals surface area contributed by atoms with Crippen LogP contribution in [-0.2, 0) is 19.5 Å². The summed E-state index contributed by atoms with van der Waals surface area (Å²) in [5.74, 6) is 0. The predicted molar refractivity (Wildman–Crippen MR) is 23.2 cm³/mol. The Morgan fingerprint density at radius 2 is 1.40 bits per heavy atom. The first-order chi connectivity index (χ1) is 1.73. The van der Waals surface area contributed by atoms with Crippen molar-refractivity contribution in [2.45, 2.75) is 0 Å². The quantitative estimate of drug-likeness (QED) is 0.491. The molecule has 0 radical (unpaired) electrons. The molecule has 0 aliphatic rings. The molecular formula is CBr2ORu+2. The van der Waals surface area contributed by atoms with Gasteiger partial charge in [-0.15, -0.1) is 0 Å². The van der Waals surface area contributed by atoms with E-state index >= 15 is 0 Å². The Bertz CT molecular complexity index is 32.6. The molecule has 0 aliphatic carbocycles. The zero-order valence-corrected chi connectivity index (χ0v) is 6.93. The van der Waals surface area contributed by atoms with Crippen molar-refractivity contribution < 1.29 is 24.3 Å². The fraction of sp³-hybridized carbons (Fsp3) is 0. The number of carbonyl (C=O) groups excluding carboxylic acids is 1. The molecule has 0 saturated carbocycles. The minimum absolute atomic E-state index is 0. The molecule has 0 aromatic carbocycles. The van der Waals surface area contributed by atoms with Crippen LogP contribution in [0.15, 0.2) is 0 Å². The van der Waals surface area contributed by atoms with E-state index < -0.39 is 0 Å². The minimum Gasteiger partial charge on any atom is -0.273 e. The van der Waals surface area contributed by atoms with Crippen LogP contribution in [0.3, 0.4) is 0 Å². The zero-order chi connectivity index (χ0) is 3.58. The maximum atomic E-state index is 9.28. The first-order valence-electron chi connectivity index (χ1n) is 0.582. The Labute approximate surface area is 59.5 Å². The van der Waals surface area contributed by atoms with Crippen LogP contribution in [-0.4, -0.2) is 3.60 Å². The molecule has 0 fully saturated rings. The van der Waals surface area contributed by atoms with Crippen LogP contribution in [0, 0.1) is 0 Å². The molecule has 0 N–H and O–H groups in total. The molecule has 5 heavy (non-hydrogen) atoms. The minimum atomic E-state index is -0.208. The summed E-state index contributed by atoms with van der Waals surface area (Å²) in [4.78, 5) is 9.28. The van der Waals surface area contributed by atoms with E-state index in [9.17, 15) is 4.79 Å². The molecule has 0 atom stereocenters. The van der Waals surface area contributed by atoms with Gasteiger partial charge >= 0.3 is 19.5 Å². The molecule has 0 amide bonds. The Morgan fingerprint density at radius 3 is 1.40 bits per heavy atom. The molecule has 4 heteroatoms. The standard InChI is InChI=1S/CBr2O.Ru/c2-1(3)4;/q;+2. The van der Waals surface area contributed by atoms with Crippen LogP contribution in [0.2, 0.25) is 0 Å². The third-order valence-corrected chi connectivity index (χ3v) is 0. The van der Waals surface area contributed by atoms with Gasteiger partial charge in [0.05, 0.1) is 0 Å². The van der Waals surface area contributed by atoms with Crippen molar-refractivity contribution in [2.24, 2.45) is 0 Å². The molecule has 30 valence electrons. The third kappa shape index (κ3) is 35.4. The van der Waals surface area contributed by atoms with Gasteiger partial charge < -0.3 is 0 Å². The van der Waals surface area contributed by atoms with Crippen molar-refractivity contribution in [1.29, 1.82) is 0 Å². The fourth-order valence-corrected chi connectivity index (χ4v) is 0. The summed E-state index contributed by atoms with van der Waals surface area (Å²) in [5.41, 5.74) is 0. The second-order valence-electron chi connectivity index (χ2n) is 0.226. The second kappa shape index (κ2) is 5.25. The van der Waals surface area contributed by atoms with E-state index in [0.717, 1.165) is 0 Å².